The van der Waals surface area contributed by atoms with E-state index in [2.05, 4.69) is 15.0 Å². The molecule has 0 saturated carbocycles. The molecule has 4 aromatic heterocycles. The summed E-state index contributed by atoms with van der Waals surface area (Å²) >= 11 is -0.465. The third kappa shape index (κ3) is 4.32. The van der Waals surface area contributed by atoms with E-state index in [0.29, 0.717) is 66.6 Å². The Kier molecular flexibility index (Phi) is 6.34. The second-order valence-electron chi connectivity index (χ2n) is 8.96. The summed E-state index contributed by atoms with van der Waals surface area (Å²) < 4.78 is 49.5. The number of hydrogen-bond donors (Lipinski definition) is 1. The van der Waals surface area contributed by atoms with Gasteiger partial charge >= 0.3 is 4.87 Å². The molecule has 1 aliphatic heterocycles. The van der Waals surface area contributed by atoms with Crippen LogP contribution in [0.2, 0.25) is 0 Å². The van der Waals surface area contributed by atoms with Gasteiger partial charge < -0.3 is 19.6 Å². The maximum Gasteiger partial charge on any atom is 0.309 e. The van der Waals surface area contributed by atoms with E-state index >= 15 is 0 Å². The molecule has 198 valence electrons. The minimum Gasteiger partial charge on any atom is -0.612 e. The number of thiazole rings is 1. The van der Waals surface area contributed by atoms with Crippen molar-refractivity contribution in [1.29, 1.82) is 0 Å². The Bertz CT molecular complexity index is 1690. The lowest BCUT2D eigenvalue weighted by Crippen LogP contribution is -2.47. The number of piperazine rings is 1. The average Bonchev–Trinajstić information content (AvgIpc) is 3.62. The number of anilines is 2. The molecule has 1 aromatic carbocycles. The van der Waals surface area contributed by atoms with E-state index in [-0.39, 0.29) is 21.4 Å². The lowest BCUT2D eigenvalue weighted by atomic mass is 10.2. The molecule has 1 unspecified atom stereocenters. The number of fused-ring (bicyclic) bond motifs is 3. The molecule has 1 aliphatic rings. The number of hydrogen-bond acceptors (Lipinski definition) is 9. The van der Waals surface area contributed by atoms with Crippen molar-refractivity contribution in [2.75, 3.05) is 49.6 Å². The molecule has 10 nitrogen and oxygen atoms in total. The molecule has 0 spiro atoms. The number of nitrogen functional groups attached to an aromatic ring is 1. The SMILES string of the molecule is C[S+]([O-])c1cc(N2CCN(CCn3c(=O)sc4c3nc(N)n3nc(-c5ccco5)cc43)CC2)c(F)cc1F. The van der Waals surface area contributed by atoms with Crippen LogP contribution in [0.15, 0.2) is 50.7 Å². The molecule has 0 radical (unpaired) electrons. The van der Waals surface area contributed by atoms with E-state index < -0.39 is 22.8 Å². The highest BCUT2D eigenvalue weighted by atomic mass is 32.2. The first kappa shape index (κ1) is 24.9. The van der Waals surface area contributed by atoms with Crippen LogP contribution in [0, 0.1) is 11.6 Å². The molecule has 1 fully saturated rings. The summed E-state index contributed by atoms with van der Waals surface area (Å²) in [7, 11) is 0. The summed E-state index contributed by atoms with van der Waals surface area (Å²) in [6, 6.07) is 7.52. The van der Waals surface area contributed by atoms with Gasteiger partial charge in [-0.1, -0.05) is 11.3 Å². The number of nitrogens with two attached hydrogens (primary N) is 1. The molecular formula is C24H23F2N7O3S2. The number of halogens is 2. The van der Waals surface area contributed by atoms with Crippen LogP contribution < -0.4 is 15.5 Å². The highest BCUT2D eigenvalue weighted by Crippen LogP contribution is 2.29. The van der Waals surface area contributed by atoms with E-state index in [9.17, 15) is 18.1 Å². The molecule has 5 aromatic rings. The molecule has 0 bridgehead atoms. The summed E-state index contributed by atoms with van der Waals surface area (Å²) in [5.74, 6) is -0.726. The van der Waals surface area contributed by atoms with Gasteiger partial charge in [0.25, 0.3) is 0 Å². The van der Waals surface area contributed by atoms with Crippen LogP contribution in [0.1, 0.15) is 0 Å². The Morgan fingerprint density at radius 3 is 2.66 bits per heavy atom. The van der Waals surface area contributed by atoms with Crippen LogP contribution in [-0.2, 0) is 17.7 Å². The summed E-state index contributed by atoms with van der Waals surface area (Å²) in [5, 5.41) is 4.47. The summed E-state index contributed by atoms with van der Waals surface area (Å²) in [4.78, 5) is 21.2. The molecule has 6 rings (SSSR count). The van der Waals surface area contributed by atoms with Crippen molar-refractivity contribution < 1.29 is 17.8 Å². The fourth-order valence-electron chi connectivity index (χ4n) is 4.73. The molecule has 2 N–H and O–H groups in total. The van der Waals surface area contributed by atoms with E-state index in [4.69, 9.17) is 10.2 Å². The van der Waals surface area contributed by atoms with Crippen molar-refractivity contribution in [2.24, 2.45) is 0 Å². The molecule has 38 heavy (non-hydrogen) atoms. The van der Waals surface area contributed by atoms with Crippen LogP contribution in [0.25, 0.3) is 27.3 Å². The van der Waals surface area contributed by atoms with Gasteiger partial charge in [-0.25, -0.2) is 8.78 Å². The van der Waals surface area contributed by atoms with Crippen molar-refractivity contribution >= 4 is 50.0 Å². The first-order valence-electron chi connectivity index (χ1n) is 11.8. The summed E-state index contributed by atoms with van der Waals surface area (Å²) in [6.07, 6.45) is 2.93. The van der Waals surface area contributed by atoms with Crippen molar-refractivity contribution in [1.82, 2.24) is 24.1 Å². The predicted octanol–water partition coefficient (Wildman–Crippen LogP) is 2.79. The van der Waals surface area contributed by atoms with Crippen LogP contribution >= 0.6 is 11.3 Å². The predicted molar refractivity (Wildman–Crippen MR) is 142 cm³/mol. The number of aromatic nitrogens is 4. The maximum absolute atomic E-state index is 14.5. The zero-order valence-electron chi connectivity index (χ0n) is 20.3. The highest BCUT2D eigenvalue weighted by Gasteiger charge is 2.24. The standard InChI is InChI=1S/C24H23F2N7O3S2/c1-38(35)20-13-17(14(25)11-15(20)26)31-7-4-30(5-8-31)6-9-32-22-21(37-24(32)34)18-12-16(19-3-2-10-36-19)29-33(18)23(27)28-22/h2-3,10-13H,4-9H2,1H3,(H2,27,28). The average molecular weight is 560 g/mol. The van der Waals surface area contributed by atoms with E-state index in [1.54, 1.807) is 23.0 Å². The van der Waals surface area contributed by atoms with Gasteiger partial charge in [0.05, 0.1) is 17.5 Å². The van der Waals surface area contributed by atoms with E-state index in [0.717, 1.165) is 17.4 Å². The van der Waals surface area contributed by atoms with Crippen molar-refractivity contribution in [3.8, 4) is 11.5 Å². The van der Waals surface area contributed by atoms with Crippen LogP contribution in [0.5, 0.6) is 0 Å². The largest absolute Gasteiger partial charge is 0.612 e. The third-order valence-electron chi connectivity index (χ3n) is 6.69. The lowest BCUT2D eigenvalue weighted by Gasteiger charge is -2.36. The topological polar surface area (TPSA) is 121 Å². The van der Waals surface area contributed by atoms with Gasteiger partial charge in [0.1, 0.15) is 22.5 Å². The Hall–Kier alpha value is -3.46. The zero-order chi connectivity index (χ0) is 26.6. The first-order chi connectivity index (χ1) is 18.3. The van der Waals surface area contributed by atoms with Gasteiger partial charge in [-0.15, -0.1) is 0 Å². The van der Waals surface area contributed by atoms with Gasteiger partial charge in [-0.3, -0.25) is 14.3 Å². The zero-order valence-corrected chi connectivity index (χ0v) is 21.9. The second kappa shape index (κ2) is 9.69. The second-order valence-corrected chi connectivity index (χ2v) is 11.3. The summed E-state index contributed by atoms with van der Waals surface area (Å²) in [6.45, 7) is 3.24. The molecule has 1 saturated heterocycles. The van der Waals surface area contributed by atoms with Gasteiger partial charge in [-0.05, 0) is 29.4 Å². The van der Waals surface area contributed by atoms with Crippen LogP contribution in [0.4, 0.5) is 20.4 Å². The Morgan fingerprint density at radius 2 is 1.95 bits per heavy atom. The quantitative estimate of drug-likeness (QED) is 0.316. The number of benzene rings is 1. The van der Waals surface area contributed by atoms with Gasteiger partial charge in [0.15, 0.2) is 22.1 Å². The Morgan fingerprint density at radius 1 is 1.16 bits per heavy atom. The number of furan rings is 1. The Balaban J connectivity index is 1.19. The fraction of sp³-hybridized carbons (Fsp3) is 0.292. The highest BCUT2D eigenvalue weighted by molar-refractivity contribution is 7.90. The van der Waals surface area contributed by atoms with Crippen molar-refractivity contribution in [3.63, 3.8) is 0 Å². The van der Waals surface area contributed by atoms with Crippen LogP contribution in [0.3, 0.4) is 0 Å². The maximum atomic E-state index is 14.5. The third-order valence-corrected chi connectivity index (χ3v) is 8.61. The first-order valence-corrected chi connectivity index (χ1v) is 14.2. The summed E-state index contributed by atoms with van der Waals surface area (Å²) in [5.41, 5.74) is 8.21. The smallest absolute Gasteiger partial charge is 0.309 e. The lowest BCUT2D eigenvalue weighted by molar-refractivity contribution is 0.248. The number of nitrogens with zero attached hydrogens (tertiary/aromatic N) is 6. The number of rotatable bonds is 6. The van der Waals surface area contributed by atoms with Crippen molar-refractivity contribution in [3.05, 3.63) is 57.9 Å². The molecule has 0 amide bonds. The minimum atomic E-state index is -1.56. The molecule has 1 atom stereocenters. The molecule has 5 heterocycles. The Labute approximate surface area is 222 Å². The molecular weight excluding hydrogens is 536 g/mol. The normalized spacial score (nSPS) is 15.6. The van der Waals surface area contributed by atoms with Gasteiger partial charge in [0.2, 0.25) is 5.95 Å². The molecule has 14 heteroatoms. The van der Waals surface area contributed by atoms with E-state index in [1.165, 1.54) is 16.8 Å². The minimum absolute atomic E-state index is 0.0112. The monoisotopic (exact) mass is 559 g/mol. The van der Waals surface area contributed by atoms with Gasteiger partial charge in [0, 0.05) is 51.4 Å². The molecule has 0 aliphatic carbocycles. The fourth-order valence-corrected chi connectivity index (χ4v) is 6.30. The van der Waals surface area contributed by atoms with Crippen molar-refractivity contribution in [2.45, 2.75) is 11.4 Å². The van der Waals surface area contributed by atoms with Gasteiger partial charge in [-0.2, -0.15) is 14.6 Å². The van der Waals surface area contributed by atoms with E-state index in [1.807, 2.05) is 11.0 Å². The van der Waals surface area contributed by atoms with Crippen LogP contribution in [-0.4, -0.2) is 67.6 Å².